The number of methoxy groups -OCH3 is 1. The summed E-state index contributed by atoms with van der Waals surface area (Å²) in [5, 5.41) is 6.53. The molecule has 1 aromatic heterocycles. The number of anilines is 2. The molecule has 0 saturated carbocycles. The summed E-state index contributed by atoms with van der Waals surface area (Å²) in [6.07, 6.45) is 1.60. The summed E-state index contributed by atoms with van der Waals surface area (Å²) in [7, 11) is 1.64. The van der Waals surface area contributed by atoms with Gasteiger partial charge in [0, 0.05) is 18.4 Å². The van der Waals surface area contributed by atoms with Gasteiger partial charge in [-0.2, -0.15) is 0 Å². The van der Waals surface area contributed by atoms with E-state index in [0.29, 0.717) is 22.9 Å². The molecule has 0 radical (unpaired) electrons. The summed E-state index contributed by atoms with van der Waals surface area (Å²) in [5.74, 6) is 0.502. The van der Waals surface area contributed by atoms with E-state index in [-0.39, 0.29) is 5.91 Å². The van der Waals surface area contributed by atoms with Crippen molar-refractivity contribution in [3.63, 3.8) is 0 Å². The normalized spacial score (nSPS) is 10.2. The fourth-order valence-corrected chi connectivity index (χ4v) is 2.54. The molecule has 132 valence electrons. The number of para-hydroxylation sites is 1. The summed E-state index contributed by atoms with van der Waals surface area (Å²) < 4.78 is 5.15. The first-order chi connectivity index (χ1) is 12.7. The molecule has 0 saturated heterocycles. The van der Waals surface area contributed by atoms with E-state index in [2.05, 4.69) is 15.6 Å². The van der Waals surface area contributed by atoms with Crippen LogP contribution in [0, 0.1) is 0 Å². The Labute approximate surface area is 157 Å². The van der Waals surface area contributed by atoms with Crippen LogP contribution in [-0.4, -0.2) is 18.0 Å². The molecule has 0 spiro atoms. The number of nitrogens with one attached hydrogen (secondary N) is 2. The predicted octanol–water partition coefficient (Wildman–Crippen LogP) is 4.61. The molecule has 0 aliphatic heterocycles. The fourth-order valence-electron chi connectivity index (χ4n) is 2.36. The Morgan fingerprint density at radius 2 is 1.88 bits per heavy atom. The van der Waals surface area contributed by atoms with Crippen LogP contribution >= 0.6 is 11.6 Å². The van der Waals surface area contributed by atoms with Gasteiger partial charge in [0.2, 0.25) is 0 Å². The number of amides is 1. The lowest BCUT2D eigenvalue weighted by atomic mass is 10.2. The smallest absolute Gasteiger partial charge is 0.274 e. The molecule has 0 fully saturated rings. The number of hydrogen-bond donors (Lipinski definition) is 2. The number of carbonyl (C=O) groups excluding carboxylic acids is 1. The van der Waals surface area contributed by atoms with Crippen molar-refractivity contribution >= 4 is 28.9 Å². The van der Waals surface area contributed by atoms with Gasteiger partial charge >= 0.3 is 0 Å². The van der Waals surface area contributed by atoms with Gasteiger partial charge in [-0.25, -0.2) is 0 Å². The van der Waals surface area contributed by atoms with Crippen molar-refractivity contribution < 1.29 is 9.53 Å². The zero-order chi connectivity index (χ0) is 18.4. The maximum absolute atomic E-state index is 12.4. The van der Waals surface area contributed by atoms with Gasteiger partial charge in [0.25, 0.3) is 5.91 Å². The number of ether oxygens (including phenoxy) is 1. The van der Waals surface area contributed by atoms with Crippen LogP contribution in [0.4, 0.5) is 11.4 Å². The Morgan fingerprint density at radius 3 is 2.62 bits per heavy atom. The van der Waals surface area contributed by atoms with Crippen molar-refractivity contribution in [1.29, 1.82) is 0 Å². The molecule has 0 bridgehead atoms. The van der Waals surface area contributed by atoms with Gasteiger partial charge in [-0.1, -0.05) is 35.9 Å². The zero-order valence-corrected chi connectivity index (χ0v) is 15.0. The Kier molecular flexibility index (Phi) is 5.71. The van der Waals surface area contributed by atoms with Crippen molar-refractivity contribution in [2.24, 2.45) is 0 Å². The number of pyridine rings is 1. The highest BCUT2D eigenvalue weighted by atomic mass is 35.5. The van der Waals surface area contributed by atoms with Gasteiger partial charge in [-0.05, 0) is 42.0 Å². The maximum atomic E-state index is 12.4. The molecule has 0 aliphatic rings. The second-order valence-electron chi connectivity index (χ2n) is 5.57. The molecule has 0 unspecified atom stereocenters. The van der Waals surface area contributed by atoms with Crippen LogP contribution < -0.4 is 15.4 Å². The molecule has 26 heavy (non-hydrogen) atoms. The Hall–Kier alpha value is -3.05. The molecule has 0 aliphatic carbocycles. The number of rotatable bonds is 6. The standard InChI is InChI=1S/C20H18ClN3O2/c1-26-16-8-6-14(7-9-16)13-23-15-10-11-22-19(12-15)20(25)24-18-5-3-2-4-17(18)21/h2-12H,13H2,1H3,(H,22,23)(H,24,25). The van der Waals surface area contributed by atoms with Gasteiger partial charge < -0.3 is 15.4 Å². The van der Waals surface area contributed by atoms with Gasteiger partial charge in [0.15, 0.2) is 0 Å². The molecule has 2 N–H and O–H groups in total. The highest BCUT2D eigenvalue weighted by Crippen LogP contribution is 2.21. The average molecular weight is 368 g/mol. The monoisotopic (exact) mass is 367 g/mol. The molecule has 6 heteroatoms. The molecule has 5 nitrogen and oxygen atoms in total. The number of aromatic nitrogens is 1. The van der Waals surface area contributed by atoms with Crippen LogP contribution in [0.5, 0.6) is 5.75 Å². The van der Waals surface area contributed by atoms with Crippen molar-refractivity contribution in [1.82, 2.24) is 4.98 Å². The quantitative estimate of drug-likeness (QED) is 0.668. The van der Waals surface area contributed by atoms with Crippen molar-refractivity contribution in [2.45, 2.75) is 6.54 Å². The number of hydrogen-bond acceptors (Lipinski definition) is 4. The van der Waals surface area contributed by atoms with Gasteiger partial charge in [0.05, 0.1) is 17.8 Å². The second kappa shape index (κ2) is 8.36. The number of halogens is 1. The van der Waals surface area contributed by atoms with Crippen LogP contribution in [0.2, 0.25) is 5.02 Å². The minimum absolute atomic E-state index is 0.310. The SMILES string of the molecule is COc1ccc(CNc2ccnc(C(=O)Nc3ccccc3Cl)c2)cc1. The van der Waals surface area contributed by atoms with Crippen molar-refractivity contribution in [2.75, 3.05) is 17.7 Å². The third-order valence-electron chi connectivity index (χ3n) is 3.77. The second-order valence-corrected chi connectivity index (χ2v) is 5.97. The highest BCUT2D eigenvalue weighted by Gasteiger charge is 2.10. The lowest BCUT2D eigenvalue weighted by Crippen LogP contribution is -2.14. The first-order valence-electron chi connectivity index (χ1n) is 8.04. The van der Waals surface area contributed by atoms with E-state index in [1.54, 1.807) is 37.6 Å². The first kappa shape index (κ1) is 17.8. The van der Waals surface area contributed by atoms with E-state index in [9.17, 15) is 4.79 Å². The highest BCUT2D eigenvalue weighted by molar-refractivity contribution is 6.33. The average Bonchev–Trinajstić information content (AvgIpc) is 2.69. The Bertz CT molecular complexity index is 898. The van der Waals surface area contributed by atoms with E-state index < -0.39 is 0 Å². The Morgan fingerprint density at radius 1 is 1.12 bits per heavy atom. The first-order valence-corrected chi connectivity index (χ1v) is 8.42. The summed E-state index contributed by atoms with van der Waals surface area (Å²) in [6.45, 7) is 0.625. The maximum Gasteiger partial charge on any atom is 0.274 e. The lowest BCUT2D eigenvalue weighted by molar-refractivity contribution is 0.102. The van der Waals surface area contributed by atoms with Crippen LogP contribution in [0.3, 0.4) is 0 Å². The molecule has 1 amide bonds. The van der Waals surface area contributed by atoms with E-state index >= 15 is 0 Å². The minimum atomic E-state index is -0.314. The number of nitrogens with zero attached hydrogens (tertiary/aromatic N) is 1. The number of carbonyl (C=O) groups is 1. The van der Waals surface area contributed by atoms with E-state index in [1.807, 2.05) is 36.4 Å². The molecular weight excluding hydrogens is 350 g/mol. The van der Waals surface area contributed by atoms with Crippen LogP contribution in [0.15, 0.2) is 66.9 Å². The predicted molar refractivity (Wildman–Crippen MR) is 104 cm³/mol. The van der Waals surface area contributed by atoms with E-state index in [4.69, 9.17) is 16.3 Å². The van der Waals surface area contributed by atoms with Crippen molar-refractivity contribution in [3.05, 3.63) is 83.1 Å². The summed E-state index contributed by atoms with van der Waals surface area (Å²) >= 11 is 6.07. The van der Waals surface area contributed by atoms with E-state index in [0.717, 1.165) is 17.0 Å². The van der Waals surface area contributed by atoms with Gasteiger partial charge in [0.1, 0.15) is 11.4 Å². The molecule has 3 aromatic rings. The van der Waals surface area contributed by atoms with Crippen LogP contribution in [0.1, 0.15) is 16.1 Å². The van der Waals surface area contributed by atoms with Crippen molar-refractivity contribution in [3.8, 4) is 5.75 Å². The van der Waals surface area contributed by atoms with E-state index in [1.165, 1.54) is 0 Å². The molecule has 0 atom stereocenters. The zero-order valence-electron chi connectivity index (χ0n) is 14.2. The topological polar surface area (TPSA) is 63.2 Å². The minimum Gasteiger partial charge on any atom is -0.497 e. The summed E-state index contributed by atoms with van der Waals surface area (Å²) in [4.78, 5) is 16.5. The summed E-state index contributed by atoms with van der Waals surface area (Å²) in [5.41, 5.74) is 2.77. The Balaban J connectivity index is 1.65. The molecule has 1 heterocycles. The largest absolute Gasteiger partial charge is 0.497 e. The van der Waals surface area contributed by atoms with Crippen LogP contribution in [-0.2, 0) is 6.54 Å². The molecular formula is C20H18ClN3O2. The third kappa shape index (κ3) is 4.52. The van der Waals surface area contributed by atoms with Gasteiger partial charge in [-0.15, -0.1) is 0 Å². The number of benzene rings is 2. The third-order valence-corrected chi connectivity index (χ3v) is 4.10. The fraction of sp³-hybridized carbons (Fsp3) is 0.100. The summed E-state index contributed by atoms with van der Waals surface area (Å²) in [6, 6.07) is 18.4. The lowest BCUT2D eigenvalue weighted by Gasteiger charge is -2.10. The molecule has 2 aromatic carbocycles. The molecule has 3 rings (SSSR count). The van der Waals surface area contributed by atoms with Gasteiger partial charge in [-0.3, -0.25) is 9.78 Å². The van der Waals surface area contributed by atoms with Crippen LogP contribution in [0.25, 0.3) is 0 Å².